The molecule has 1 saturated carbocycles. The van der Waals surface area contributed by atoms with Gasteiger partial charge < -0.3 is 5.32 Å². The first-order valence-electron chi connectivity index (χ1n) is 6.23. The Balaban J connectivity index is 2.00. The van der Waals surface area contributed by atoms with Crippen molar-refractivity contribution in [3.8, 4) is 0 Å². The van der Waals surface area contributed by atoms with Crippen LogP contribution in [0.2, 0.25) is 0 Å². The lowest BCUT2D eigenvalue weighted by atomic mass is 9.85. The van der Waals surface area contributed by atoms with E-state index in [1.807, 2.05) is 16.6 Å². The molecule has 0 saturated heterocycles. The van der Waals surface area contributed by atoms with E-state index in [2.05, 4.69) is 34.5 Å². The first-order chi connectivity index (χ1) is 8.24. The Kier molecular flexibility index (Phi) is 2.46. The largest absolute Gasteiger partial charge is 0.366 e. The van der Waals surface area contributed by atoms with Gasteiger partial charge in [-0.3, -0.25) is 0 Å². The van der Waals surface area contributed by atoms with Gasteiger partial charge in [-0.1, -0.05) is 6.42 Å². The van der Waals surface area contributed by atoms with E-state index in [1.165, 1.54) is 19.3 Å². The van der Waals surface area contributed by atoms with Crippen LogP contribution in [0.1, 0.15) is 44.9 Å². The van der Waals surface area contributed by atoms with Crippen LogP contribution in [0.5, 0.6) is 0 Å². The van der Waals surface area contributed by atoms with Crippen LogP contribution in [-0.4, -0.2) is 25.9 Å². The summed E-state index contributed by atoms with van der Waals surface area (Å²) in [6, 6.07) is 4.30. The summed E-state index contributed by atoms with van der Waals surface area (Å²) in [5, 5.41) is 16.3. The third-order valence-electron chi connectivity index (χ3n) is 3.19. The summed E-state index contributed by atoms with van der Waals surface area (Å²) in [7, 11) is 0. The highest BCUT2D eigenvalue weighted by Crippen LogP contribution is 2.35. The smallest absolute Gasteiger partial charge is 0.178 e. The summed E-state index contributed by atoms with van der Waals surface area (Å²) in [5.41, 5.74) is 0.834. The molecule has 0 amide bonds. The van der Waals surface area contributed by atoms with Crippen molar-refractivity contribution >= 4 is 11.5 Å². The average Bonchev–Trinajstić information content (AvgIpc) is 2.58. The molecule has 1 fully saturated rings. The van der Waals surface area contributed by atoms with Crippen LogP contribution in [0.15, 0.2) is 12.1 Å². The van der Waals surface area contributed by atoms with E-state index < -0.39 is 0 Å². The molecule has 1 aliphatic rings. The fourth-order valence-corrected chi connectivity index (χ4v) is 2.10. The molecule has 90 valence electrons. The summed E-state index contributed by atoms with van der Waals surface area (Å²) < 4.78 is 1.88. The predicted molar refractivity (Wildman–Crippen MR) is 66.1 cm³/mol. The van der Waals surface area contributed by atoms with Gasteiger partial charge in [-0.05, 0) is 38.8 Å². The number of nitrogens with zero attached hydrogens (tertiary/aromatic N) is 4. The number of anilines is 1. The van der Waals surface area contributed by atoms with E-state index in [0.29, 0.717) is 12.0 Å². The summed E-state index contributed by atoms with van der Waals surface area (Å²) in [6.07, 6.45) is 3.72. The molecule has 0 aliphatic heterocycles. The van der Waals surface area contributed by atoms with Crippen LogP contribution in [0.25, 0.3) is 5.65 Å². The van der Waals surface area contributed by atoms with E-state index in [1.54, 1.807) is 0 Å². The fraction of sp³-hybridized carbons (Fsp3) is 0.583. The second kappa shape index (κ2) is 3.98. The molecule has 5 nitrogen and oxygen atoms in total. The van der Waals surface area contributed by atoms with Gasteiger partial charge in [-0.25, -0.2) is 0 Å². The van der Waals surface area contributed by atoms with Gasteiger partial charge in [-0.15, -0.1) is 15.3 Å². The fourth-order valence-electron chi connectivity index (χ4n) is 2.10. The van der Waals surface area contributed by atoms with Gasteiger partial charge in [0.2, 0.25) is 0 Å². The maximum absolute atomic E-state index is 4.56. The number of fused-ring (bicyclic) bond motifs is 1. The highest BCUT2D eigenvalue weighted by Gasteiger charge is 2.25. The van der Waals surface area contributed by atoms with Gasteiger partial charge in [0.25, 0.3) is 0 Å². The second-order valence-corrected chi connectivity index (χ2v) is 4.97. The maximum Gasteiger partial charge on any atom is 0.178 e. The molecule has 5 heteroatoms. The van der Waals surface area contributed by atoms with E-state index in [9.17, 15) is 0 Å². The molecule has 0 radical (unpaired) electrons. The normalized spacial score (nSPS) is 16.4. The highest BCUT2D eigenvalue weighted by atomic mass is 15.4. The monoisotopic (exact) mass is 231 g/mol. The standard InChI is InChI=1S/C12H17N5/c1-8(2)13-10-6-7-11-14-15-12(17(11)16-10)9-4-3-5-9/h6-9H,3-5H2,1-2H3,(H,13,16). The van der Waals surface area contributed by atoms with Gasteiger partial charge in [0.15, 0.2) is 11.5 Å². The third-order valence-corrected chi connectivity index (χ3v) is 3.19. The zero-order valence-electron chi connectivity index (χ0n) is 10.2. The molecule has 2 aromatic heterocycles. The van der Waals surface area contributed by atoms with Crippen molar-refractivity contribution in [2.75, 3.05) is 5.32 Å². The Labute approximate surface area is 100 Å². The molecule has 0 unspecified atom stereocenters. The lowest BCUT2D eigenvalue weighted by molar-refractivity contribution is 0.395. The van der Waals surface area contributed by atoms with Crippen molar-refractivity contribution < 1.29 is 0 Å². The molecule has 2 heterocycles. The van der Waals surface area contributed by atoms with Crippen molar-refractivity contribution in [3.05, 3.63) is 18.0 Å². The summed E-state index contributed by atoms with van der Waals surface area (Å²) >= 11 is 0. The summed E-state index contributed by atoms with van der Waals surface area (Å²) in [4.78, 5) is 0. The van der Waals surface area contributed by atoms with E-state index in [-0.39, 0.29) is 0 Å². The van der Waals surface area contributed by atoms with E-state index >= 15 is 0 Å². The minimum Gasteiger partial charge on any atom is -0.366 e. The van der Waals surface area contributed by atoms with Gasteiger partial charge in [0.05, 0.1) is 0 Å². The predicted octanol–water partition coefficient (Wildman–Crippen LogP) is 2.21. The van der Waals surface area contributed by atoms with Gasteiger partial charge >= 0.3 is 0 Å². The van der Waals surface area contributed by atoms with E-state index in [4.69, 9.17) is 0 Å². The van der Waals surface area contributed by atoms with Crippen LogP contribution in [0.4, 0.5) is 5.82 Å². The number of hydrogen-bond acceptors (Lipinski definition) is 4. The Morgan fingerprint density at radius 2 is 2.12 bits per heavy atom. The number of rotatable bonds is 3. The van der Waals surface area contributed by atoms with Gasteiger partial charge in [-0.2, -0.15) is 4.52 Å². The molecule has 0 atom stereocenters. The topological polar surface area (TPSA) is 55.1 Å². The Morgan fingerprint density at radius 3 is 2.76 bits per heavy atom. The zero-order chi connectivity index (χ0) is 11.8. The first-order valence-corrected chi connectivity index (χ1v) is 6.23. The van der Waals surface area contributed by atoms with E-state index in [0.717, 1.165) is 17.3 Å². The molecule has 0 bridgehead atoms. The van der Waals surface area contributed by atoms with Crippen LogP contribution in [0, 0.1) is 0 Å². The van der Waals surface area contributed by atoms with Crippen molar-refractivity contribution in [3.63, 3.8) is 0 Å². The Bertz CT molecular complexity index is 527. The molecular formula is C12H17N5. The number of aromatic nitrogens is 4. The maximum atomic E-state index is 4.56. The van der Waals surface area contributed by atoms with Crippen LogP contribution >= 0.6 is 0 Å². The van der Waals surface area contributed by atoms with Crippen molar-refractivity contribution in [1.29, 1.82) is 0 Å². The lowest BCUT2D eigenvalue weighted by Crippen LogP contribution is -2.16. The highest BCUT2D eigenvalue weighted by molar-refractivity contribution is 5.44. The van der Waals surface area contributed by atoms with Crippen molar-refractivity contribution in [2.24, 2.45) is 0 Å². The second-order valence-electron chi connectivity index (χ2n) is 4.97. The van der Waals surface area contributed by atoms with Crippen molar-refractivity contribution in [1.82, 2.24) is 19.8 Å². The minimum absolute atomic E-state index is 0.378. The van der Waals surface area contributed by atoms with Crippen LogP contribution < -0.4 is 5.32 Å². The lowest BCUT2D eigenvalue weighted by Gasteiger charge is -2.22. The average molecular weight is 231 g/mol. The molecule has 0 spiro atoms. The minimum atomic E-state index is 0.378. The van der Waals surface area contributed by atoms with Crippen LogP contribution in [-0.2, 0) is 0 Å². The Morgan fingerprint density at radius 1 is 1.29 bits per heavy atom. The molecule has 1 aliphatic carbocycles. The Hall–Kier alpha value is -1.65. The molecule has 0 aromatic carbocycles. The molecular weight excluding hydrogens is 214 g/mol. The molecule has 3 rings (SSSR count). The third kappa shape index (κ3) is 1.85. The van der Waals surface area contributed by atoms with Gasteiger partial charge in [0, 0.05) is 12.0 Å². The quantitative estimate of drug-likeness (QED) is 0.880. The number of nitrogens with one attached hydrogen (secondary N) is 1. The number of hydrogen-bond donors (Lipinski definition) is 1. The summed E-state index contributed by atoms with van der Waals surface area (Å²) in [6.45, 7) is 4.20. The van der Waals surface area contributed by atoms with Crippen LogP contribution in [0.3, 0.4) is 0 Å². The molecule has 2 aromatic rings. The SMILES string of the molecule is CC(C)Nc1ccc2nnc(C3CCC3)n2n1. The molecule has 17 heavy (non-hydrogen) atoms. The van der Waals surface area contributed by atoms with Crippen molar-refractivity contribution in [2.45, 2.75) is 45.1 Å². The first kappa shape index (κ1) is 10.5. The van der Waals surface area contributed by atoms with Gasteiger partial charge in [0.1, 0.15) is 5.82 Å². The zero-order valence-corrected chi connectivity index (χ0v) is 10.2. The summed E-state index contributed by atoms with van der Waals surface area (Å²) in [5.74, 6) is 2.44. The molecule has 1 N–H and O–H groups in total.